The van der Waals surface area contributed by atoms with E-state index in [-0.39, 0.29) is 23.2 Å². The predicted molar refractivity (Wildman–Crippen MR) is 164 cm³/mol. The number of nitrogens with zero attached hydrogens (tertiary/aromatic N) is 6. The minimum atomic E-state index is -1.79. The fourth-order valence-corrected chi connectivity index (χ4v) is 6.68. The third kappa shape index (κ3) is 6.34. The SMILES string of the molecule is CNCCCn1ccc2c1ccc[n+]2CC1=C(C(=O)O)N2C(=O)C(NC(=O)C(=NOC(C)(C)C(=O)O)c3nsc(N)n3)C2SC1. The molecule has 0 bridgehead atoms. The van der Waals surface area contributed by atoms with E-state index in [0.717, 1.165) is 42.1 Å². The summed E-state index contributed by atoms with van der Waals surface area (Å²) in [5.41, 5.74) is 5.76. The number of amides is 2. The molecule has 0 aromatic carbocycles. The fourth-order valence-electron chi connectivity index (χ4n) is 4.91. The van der Waals surface area contributed by atoms with Crippen LogP contribution in [0.4, 0.5) is 5.13 Å². The average Bonchev–Trinajstić information content (AvgIpc) is 3.62. The van der Waals surface area contributed by atoms with Crippen LogP contribution < -0.4 is 20.9 Å². The Morgan fingerprint density at radius 1 is 1.29 bits per heavy atom. The highest BCUT2D eigenvalue weighted by molar-refractivity contribution is 8.00. The number of nitrogen functional groups attached to an aromatic ring is 1. The van der Waals surface area contributed by atoms with E-state index in [0.29, 0.717) is 11.3 Å². The average molecular weight is 659 g/mol. The van der Waals surface area contributed by atoms with Gasteiger partial charge in [-0.05, 0) is 39.9 Å². The minimum Gasteiger partial charge on any atom is -0.478 e. The van der Waals surface area contributed by atoms with Crippen LogP contribution in [0.2, 0.25) is 0 Å². The molecule has 2 aliphatic heterocycles. The highest BCUT2D eigenvalue weighted by Gasteiger charge is 2.55. The molecule has 1 fully saturated rings. The summed E-state index contributed by atoms with van der Waals surface area (Å²) in [5.74, 6) is -4.03. The number of nitrogens with two attached hydrogens (primary N) is 1. The number of aromatic nitrogens is 4. The number of aryl methyl sites for hydroxylation is 1. The summed E-state index contributed by atoms with van der Waals surface area (Å²) in [6.07, 6.45) is 4.82. The van der Waals surface area contributed by atoms with Gasteiger partial charge in [0.2, 0.25) is 22.7 Å². The van der Waals surface area contributed by atoms with Crippen molar-refractivity contribution in [1.29, 1.82) is 0 Å². The number of rotatable bonds is 13. The summed E-state index contributed by atoms with van der Waals surface area (Å²) in [5, 5.41) is 28.3. The summed E-state index contributed by atoms with van der Waals surface area (Å²) >= 11 is 2.10. The summed E-state index contributed by atoms with van der Waals surface area (Å²) in [6.45, 7) is 4.43. The molecule has 2 aliphatic rings. The van der Waals surface area contributed by atoms with Gasteiger partial charge in [-0.15, -0.1) is 11.8 Å². The number of nitrogens with one attached hydrogen (secondary N) is 2. The molecule has 238 valence electrons. The molecule has 0 spiro atoms. The Kier molecular flexibility index (Phi) is 9.08. The number of hydrogen-bond donors (Lipinski definition) is 5. The van der Waals surface area contributed by atoms with Gasteiger partial charge in [0.25, 0.3) is 11.8 Å². The number of hydrogen-bond acceptors (Lipinski definition) is 12. The molecule has 18 heteroatoms. The Labute approximate surface area is 265 Å². The smallest absolute Gasteiger partial charge is 0.352 e. The standard InChI is InChI=1S/C27H31N9O7S2/c1-27(2,25(41)42)43-32-17(20-31-26(28)45-33-20)21(37)30-18-22(38)36-19(24(39)40)14(13-44-23(18)36)12-35-9-4-6-15-16(35)7-11-34(15)10-5-8-29-3/h4,6-7,9,11,18,23,29H,5,8,10,12-13H2,1-3H3,(H4-,28,30,31,33,37,39,40,41,42)/p+1. The zero-order valence-electron chi connectivity index (χ0n) is 24.6. The summed E-state index contributed by atoms with van der Waals surface area (Å²) < 4.78 is 8.06. The zero-order chi connectivity index (χ0) is 32.5. The van der Waals surface area contributed by atoms with Crippen LogP contribution in [0.25, 0.3) is 11.0 Å². The molecule has 6 N–H and O–H groups in total. The number of carboxylic acid groups (broad SMARTS) is 2. The van der Waals surface area contributed by atoms with Crippen molar-refractivity contribution in [2.75, 3.05) is 25.1 Å². The second-order valence-electron chi connectivity index (χ2n) is 10.8. The lowest BCUT2D eigenvalue weighted by atomic mass is 10.0. The lowest BCUT2D eigenvalue weighted by Crippen LogP contribution is -2.71. The monoisotopic (exact) mass is 658 g/mol. The lowest BCUT2D eigenvalue weighted by molar-refractivity contribution is -0.663. The van der Waals surface area contributed by atoms with E-state index < -0.39 is 46.5 Å². The van der Waals surface area contributed by atoms with Crippen LogP contribution in [-0.2, 0) is 37.1 Å². The van der Waals surface area contributed by atoms with E-state index in [1.807, 2.05) is 42.2 Å². The lowest BCUT2D eigenvalue weighted by Gasteiger charge is -2.49. The molecule has 3 aromatic heterocycles. The first kappa shape index (κ1) is 31.9. The van der Waals surface area contributed by atoms with Crippen LogP contribution in [0.15, 0.2) is 47.0 Å². The van der Waals surface area contributed by atoms with Crippen LogP contribution in [0.5, 0.6) is 0 Å². The molecule has 5 rings (SSSR count). The van der Waals surface area contributed by atoms with Crippen molar-refractivity contribution in [1.82, 2.24) is 29.5 Å². The molecule has 1 saturated heterocycles. The summed E-state index contributed by atoms with van der Waals surface area (Å²) in [7, 11) is 1.91. The maximum Gasteiger partial charge on any atom is 0.352 e. The van der Waals surface area contributed by atoms with E-state index in [1.165, 1.54) is 30.5 Å². The first-order chi connectivity index (χ1) is 21.4. The van der Waals surface area contributed by atoms with Gasteiger partial charge < -0.3 is 36.0 Å². The second-order valence-corrected chi connectivity index (χ2v) is 12.7. The fraction of sp³-hybridized carbons (Fsp3) is 0.407. The van der Waals surface area contributed by atoms with Crippen molar-refractivity contribution in [3.05, 3.63) is 47.7 Å². The normalized spacial score (nSPS) is 18.5. The largest absolute Gasteiger partial charge is 0.478 e. The number of carbonyl (C=O) groups excluding carboxylic acids is 2. The van der Waals surface area contributed by atoms with Gasteiger partial charge in [-0.2, -0.15) is 13.9 Å². The Balaban J connectivity index is 1.36. The third-order valence-electron chi connectivity index (χ3n) is 7.29. The highest BCUT2D eigenvalue weighted by Crippen LogP contribution is 2.40. The number of pyridine rings is 1. The van der Waals surface area contributed by atoms with E-state index >= 15 is 0 Å². The van der Waals surface area contributed by atoms with Gasteiger partial charge in [-0.1, -0.05) is 5.16 Å². The molecule has 0 saturated carbocycles. The van der Waals surface area contributed by atoms with Crippen LogP contribution in [0.3, 0.4) is 0 Å². The molecule has 3 aromatic rings. The topological polar surface area (TPSA) is 218 Å². The van der Waals surface area contributed by atoms with Gasteiger partial charge >= 0.3 is 11.9 Å². The molecule has 0 radical (unpaired) electrons. The number of thioether (sulfide) groups is 1. The number of β-lactam (4-membered cyclic amide) rings is 1. The van der Waals surface area contributed by atoms with Gasteiger partial charge in [0.05, 0.1) is 0 Å². The number of oxime groups is 1. The third-order valence-corrected chi connectivity index (χ3v) is 9.17. The molecule has 5 heterocycles. The van der Waals surface area contributed by atoms with E-state index in [9.17, 15) is 29.4 Å². The van der Waals surface area contributed by atoms with Crippen molar-refractivity contribution in [2.24, 2.45) is 5.16 Å². The van der Waals surface area contributed by atoms with Crippen LogP contribution in [0, 0.1) is 0 Å². The number of fused-ring (bicyclic) bond motifs is 2. The van der Waals surface area contributed by atoms with E-state index in [2.05, 4.69) is 29.7 Å². The Morgan fingerprint density at radius 3 is 2.73 bits per heavy atom. The zero-order valence-corrected chi connectivity index (χ0v) is 26.2. The maximum absolute atomic E-state index is 13.3. The van der Waals surface area contributed by atoms with Gasteiger partial charge in [0.1, 0.15) is 22.6 Å². The molecule has 2 atom stereocenters. The Hall–Kier alpha value is -4.55. The van der Waals surface area contributed by atoms with Gasteiger partial charge in [-0.3, -0.25) is 14.5 Å². The van der Waals surface area contributed by atoms with Crippen molar-refractivity contribution < 1.29 is 38.8 Å². The quantitative estimate of drug-likeness (QED) is 0.0539. The van der Waals surface area contributed by atoms with Crippen LogP contribution in [0.1, 0.15) is 26.1 Å². The molecule has 0 aliphatic carbocycles. The molecule has 45 heavy (non-hydrogen) atoms. The number of aliphatic carboxylic acids is 2. The molecule has 16 nitrogen and oxygen atoms in total. The van der Waals surface area contributed by atoms with Crippen LogP contribution >= 0.6 is 23.3 Å². The number of carbonyl (C=O) groups is 4. The first-order valence-corrected chi connectivity index (χ1v) is 15.7. The van der Waals surface area contributed by atoms with Gasteiger partial charge in [-0.25, -0.2) is 9.59 Å². The Bertz CT molecular complexity index is 1730. The maximum atomic E-state index is 13.3. The molecule has 2 unspecified atom stereocenters. The number of carboxylic acids is 2. The van der Waals surface area contributed by atoms with Crippen molar-refractivity contribution in [3.8, 4) is 0 Å². The van der Waals surface area contributed by atoms with Gasteiger partial charge in [0.15, 0.2) is 17.9 Å². The van der Waals surface area contributed by atoms with Crippen LogP contribution in [-0.4, -0.2) is 94.9 Å². The second kappa shape index (κ2) is 12.8. The Morgan fingerprint density at radius 2 is 2.07 bits per heavy atom. The minimum absolute atomic E-state index is 0.0272. The molecular formula is C27H32N9O7S2+. The van der Waals surface area contributed by atoms with Gasteiger partial charge in [0, 0.05) is 47.7 Å². The van der Waals surface area contributed by atoms with Crippen molar-refractivity contribution in [2.45, 2.75) is 50.4 Å². The van der Waals surface area contributed by atoms with Crippen molar-refractivity contribution >= 4 is 68.9 Å². The van der Waals surface area contributed by atoms with Crippen molar-refractivity contribution in [3.63, 3.8) is 0 Å². The summed E-state index contributed by atoms with van der Waals surface area (Å²) in [4.78, 5) is 60.8. The summed E-state index contributed by atoms with van der Waals surface area (Å²) in [6, 6.07) is 4.81. The molecular weight excluding hydrogens is 626 g/mol. The first-order valence-electron chi connectivity index (χ1n) is 13.8. The number of anilines is 1. The van der Waals surface area contributed by atoms with E-state index in [4.69, 9.17) is 10.6 Å². The molecule has 2 amide bonds. The highest BCUT2D eigenvalue weighted by atomic mass is 32.2. The predicted octanol–water partition coefficient (Wildman–Crippen LogP) is -0.00530. The van der Waals surface area contributed by atoms with E-state index in [1.54, 1.807) is 0 Å².